The van der Waals surface area contributed by atoms with Crippen LogP contribution in [0.15, 0.2) is 27.8 Å². The Morgan fingerprint density at radius 2 is 1.84 bits per heavy atom. The normalized spacial score (nSPS) is 15.5. The lowest BCUT2D eigenvalue weighted by atomic mass is 9.98. The SMILES string of the molecule is Cn1c(NC2(C(=O)O)CCCC2)nc2c1c(=O)n(Cc1ccc(Cl)c(Cl)c1)c(=O)n2C. The van der Waals surface area contributed by atoms with Crippen LogP contribution in [0, 0.1) is 0 Å². The first-order chi connectivity index (χ1) is 14.6. The predicted molar refractivity (Wildman–Crippen MR) is 118 cm³/mol. The highest BCUT2D eigenvalue weighted by Gasteiger charge is 2.42. The minimum absolute atomic E-state index is 0.00530. The summed E-state index contributed by atoms with van der Waals surface area (Å²) in [5, 5.41) is 13.5. The number of rotatable bonds is 5. The van der Waals surface area contributed by atoms with Crippen LogP contribution in [-0.2, 0) is 25.4 Å². The highest BCUT2D eigenvalue weighted by Crippen LogP contribution is 2.33. The van der Waals surface area contributed by atoms with Crippen molar-refractivity contribution < 1.29 is 9.90 Å². The van der Waals surface area contributed by atoms with Gasteiger partial charge in [-0.3, -0.25) is 13.9 Å². The molecule has 31 heavy (non-hydrogen) atoms. The second-order valence-corrected chi connectivity index (χ2v) is 8.68. The number of benzene rings is 1. The third kappa shape index (κ3) is 3.51. The van der Waals surface area contributed by atoms with Crippen molar-refractivity contribution in [3.8, 4) is 0 Å². The van der Waals surface area contributed by atoms with Crippen molar-refractivity contribution in [1.29, 1.82) is 0 Å². The number of imidazole rings is 1. The molecule has 0 radical (unpaired) electrons. The summed E-state index contributed by atoms with van der Waals surface area (Å²) >= 11 is 12.0. The Morgan fingerprint density at radius 1 is 1.16 bits per heavy atom. The van der Waals surface area contributed by atoms with E-state index in [0.29, 0.717) is 28.5 Å². The molecule has 2 heterocycles. The molecule has 0 amide bonds. The van der Waals surface area contributed by atoms with Gasteiger partial charge in [-0.1, -0.05) is 42.1 Å². The van der Waals surface area contributed by atoms with Gasteiger partial charge in [0.2, 0.25) is 5.95 Å². The molecule has 9 nitrogen and oxygen atoms in total. The number of hydrogen-bond donors (Lipinski definition) is 2. The summed E-state index contributed by atoms with van der Waals surface area (Å²) in [6.45, 7) is 0.00530. The Labute approximate surface area is 186 Å². The number of nitrogens with zero attached hydrogens (tertiary/aromatic N) is 4. The van der Waals surface area contributed by atoms with Crippen LogP contribution in [-0.4, -0.2) is 35.3 Å². The monoisotopic (exact) mass is 465 g/mol. The van der Waals surface area contributed by atoms with Gasteiger partial charge in [0.25, 0.3) is 5.56 Å². The molecule has 2 aromatic heterocycles. The minimum atomic E-state index is -1.13. The second-order valence-electron chi connectivity index (χ2n) is 7.87. The maximum atomic E-state index is 13.2. The van der Waals surface area contributed by atoms with Crippen molar-refractivity contribution in [1.82, 2.24) is 18.7 Å². The molecule has 0 bridgehead atoms. The molecule has 3 aromatic rings. The number of aromatic nitrogens is 4. The van der Waals surface area contributed by atoms with Crippen LogP contribution in [0.2, 0.25) is 10.0 Å². The molecular weight excluding hydrogens is 445 g/mol. The maximum absolute atomic E-state index is 13.2. The molecule has 0 unspecified atom stereocenters. The summed E-state index contributed by atoms with van der Waals surface area (Å²) < 4.78 is 3.88. The van der Waals surface area contributed by atoms with Crippen molar-refractivity contribution in [3.05, 3.63) is 54.6 Å². The van der Waals surface area contributed by atoms with Crippen molar-refractivity contribution in [2.24, 2.45) is 14.1 Å². The van der Waals surface area contributed by atoms with Crippen molar-refractivity contribution in [2.45, 2.75) is 37.8 Å². The molecule has 11 heteroatoms. The number of carbonyl (C=O) groups is 1. The average molecular weight is 466 g/mol. The van der Waals surface area contributed by atoms with E-state index in [-0.39, 0.29) is 23.7 Å². The number of carboxylic acids is 1. The van der Waals surface area contributed by atoms with E-state index in [2.05, 4.69) is 10.3 Å². The number of anilines is 1. The quantitative estimate of drug-likeness (QED) is 0.598. The molecule has 1 aliphatic carbocycles. The van der Waals surface area contributed by atoms with Gasteiger partial charge in [0.15, 0.2) is 11.2 Å². The third-order valence-corrected chi connectivity index (χ3v) is 6.64. The highest BCUT2D eigenvalue weighted by molar-refractivity contribution is 6.42. The first-order valence-electron chi connectivity index (χ1n) is 9.76. The van der Waals surface area contributed by atoms with Crippen LogP contribution in [0.5, 0.6) is 0 Å². The van der Waals surface area contributed by atoms with E-state index >= 15 is 0 Å². The first-order valence-corrected chi connectivity index (χ1v) is 10.5. The van der Waals surface area contributed by atoms with Gasteiger partial charge in [0, 0.05) is 14.1 Å². The fourth-order valence-corrected chi connectivity index (χ4v) is 4.42. The summed E-state index contributed by atoms with van der Waals surface area (Å²) in [6, 6.07) is 4.90. The number of carboxylic acid groups (broad SMARTS) is 1. The number of nitrogens with one attached hydrogen (secondary N) is 1. The van der Waals surface area contributed by atoms with E-state index in [9.17, 15) is 19.5 Å². The molecule has 2 N–H and O–H groups in total. The molecule has 0 saturated heterocycles. The van der Waals surface area contributed by atoms with E-state index in [1.807, 2.05) is 0 Å². The van der Waals surface area contributed by atoms with Crippen molar-refractivity contribution >= 4 is 46.3 Å². The number of aliphatic carboxylic acids is 1. The summed E-state index contributed by atoms with van der Waals surface area (Å²) in [4.78, 5) is 42.4. The van der Waals surface area contributed by atoms with Gasteiger partial charge in [-0.15, -0.1) is 0 Å². The Morgan fingerprint density at radius 3 is 2.45 bits per heavy atom. The smallest absolute Gasteiger partial charge is 0.332 e. The molecular formula is C20H21Cl2N5O4. The van der Waals surface area contributed by atoms with Crippen LogP contribution in [0.1, 0.15) is 31.2 Å². The zero-order valence-corrected chi connectivity index (χ0v) is 18.5. The lowest BCUT2D eigenvalue weighted by Gasteiger charge is -2.25. The molecule has 4 rings (SSSR count). The van der Waals surface area contributed by atoms with Crippen LogP contribution in [0.3, 0.4) is 0 Å². The van der Waals surface area contributed by atoms with Crippen LogP contribution < -0.4 is 16.6 Å². The Hall–Kier alpha value is -2.78. The number of hydrogen-bond acceptors (Lipinski definition) is 5. The molecule has 0 aliphatic heterocycles. The second kappa shape index (κ2) is 7.72. The molecule has 1 saturated carbocycles. The van der Waals surface area contributed by atoms with Crippen LogP contribution in [0.25, 0.3) is 11.2 Å². The Bertz CT molecular complexity index is 1320. The molecule has 164 valence electrons. The number of fused-ring (bicyclic) bond motifs is 1. The van der Waals surface area contributed by atoms with E-state index in [1.165, 1.54) is 16.2 Å². The number of halogens is 2. The van der Waals surface area contributed by atoms with Gasteiger partial charge in [-0.05, 0) is 30.5 Å². The van der Waals surface area contributed by atoms with E-state index in [1.54, 1.807) is 25.2 Å². The molecule has 1 aliphatic rings. The lowest BCUT2D eigenvalue weighted by Crippen LogP contribution is -2.44. The summed E-state index contributed by atoms with van der Waals surface area (Å²) in [5.41, 5.74) is -1.17. The number of aryl methyl sites for hydroxylation is 2. The van der Waals surface area contributed by atoms with Gasteiger partial charge in [-0.25, -0.2) is 9.59 Å². The zero-order valence-electron chi connectivity index (χ0n) is 17.0. The van der Waals surface area contributed by atoms with E-state index < -0.39 is 22.8 Å². The summed E-state index contributed by atoms with van der Waals surface area (Å²) in [5.74, 6) is -0.721. The van der Waals surface area contributed by atoms with Crippen molar-refractivity contribution in [2.75, 3.05) is 5.32 Å². The topological polar surface area (TPSA) is 111 Å². The fraction of sp³-hybridized carbons (Fsp3) is 0.400. The van der Waals surface area contributed by atoms with Crippen LogP contribution in [0.4, 0.5) is 5.95 Å². The standard InChI is InChI=1S/C20H21Cl2N5O4/c1-25-14-15(23-18(25)24-20(17(29)30)7-3-4-8-20)26(2)19(31)27(16(14)28)10-11-5-6-12(21)13(22)9-11/h5-6,9H,3-4,7-8,10H2,1-2H3,(H,23,24)(H,29,30). The fourth-order valence-electron chi connectivity index (χ4n) is 4.10. The molecule has 1 fully saturated rings. The summed E-state index contributed by atoms with van der Waals surface area (Å²) in [6.07, 6.45) is 2.51. The maximum Gasteiger partial charge on any atom is 0.332 e. The predicted octanol–water partition coefficient (Wildman–Crippen LogP) is 2.60. The Balaban J connectivity index is 1.83. The summed E-state index contributed by atoms with van der Waals surface area (Å²) in [7, 11) is 3.15. The van der Waals surface area contributed by atoms with E-state index in [4.69, 9.17) is 23.2 Å². The third-order valence-electron chi connectivity index (χ3n) is 5.90. The lowest BCUT2D eigenvalue weighted by molar-refractivity contribution is -0.142. The average Bonchev–Trinajstić information content (AvgIpc) is 3.33. The van der Waals surface area contributed by atoms with Gasteiger partial charge in [0.1, 0.15) is 5.54 Å². The van der Waals surface area contributed by atoms with Gasteiger partial charge < -0.3 is 15.0 Å². The highest BCUT2D eigenvalue weighted by atomic mass is 35.5. The van der Waals surface area contributed by atoms with Gasteiger partial charge in [-0.2, -0.15) is 4.98 Å². The van der Waals surface area contributed by atoms with Crippen molar-refractivity contribution in [3.63, 3.8) is 0 Å². The van der Waals surface area contributed by atoms with E-state index in [0.717, 1.165) is 17.4 Å². The minimum Gasteiger partial charge on any atom is -0.480 e. The van der Waals surface area contributed by atoms with Gasteiger partial charge in [0.05, 0.1) is 16.6 Å². The van der Waals surface area contributed by atoms with Crippen LogP contribution >= 0.6 is 23.2 Å². The largest absolute Gasteiger partial charge is 0.480 e. The van der Waals surface area contributed by atoms with Gasteiger partial charge >= 0.3 is 11.7 Å². The first kappa shape index (κ1) is 21.5. The molecule has 0 atom stereocenters. The molecule has 0 spiro atoms. The zero-order chi connectivity index (χ0) is 22.5. The Kier molecular flexibility index (Phi) is 5.35. The molecule has 1 aromatic carbocycles.